The van der Waals surface area contributed by atoms with E-state index in [1.165, 1.54) is 32.4 Å². The lowest BCUT2D eigenvalue weighted by Crippen LogP contribution is -2.50. The van der Waals surface area contributed by atoms with Crippen LogP contribution >= 0.6 is 0 Å². The molecule has 0 saturated carbocycles. The minimum absolute atomic E-state index is 0.700. The maximum Gasteiger partial charge on any atom is 0.0195 e. The van der Waals surface area contributed by atoms with Crippen molar-refractivity contribution in [2.24, 2.45) is 5.92 Å². The van der Waals surface area contributed by atoms with Gasteiger partial charge in [0, 0.05) is 25.2 Å². The third kappa shape index (κ3) is 3.25. The van der Waals surface area contributed by atoms with Crippen LogP contribution in [0.3, 0.4) is 0 Å². The summed E-state index contributed by atoms with van der Waals surface area (Å²) in [7, 11) is 2.09. The van der Waals surface area contributed by atoms with Gasteiger partial charge in [-0.2, -0.15) is 0 Å². The number of piperidine rings is 1. The van der Waals surface area contributed by atoms with Gasteiger partial charge in [-0.05, 0) is 39.7 Å². The second kappa shape index (κ2) is 5.72. The molecular weight excluding hydrogens is 172 g/mol. The first-order valence-corrected chi connectivity index (χ1v) is 6.08. The van der Waals surface area contributed by atoms with Crippen LogP contribution in [-0.2, 0) is 0 Å². The molecule has 2 unspecified atom stereocenters. The van der Waals surface area contributed by atoms with Gasteiger partial charge in [0.05, 0.1) is 0 Å². The van der Waals surface area contributed by atoms with Gasteiger partial charge in [0.15, 0.2) is 0 Å². The molecule has 1 heterocycles. The summed E-state index contributed by atoms with van der Waals surface area (Å²) in [5.74, 6) is 0.911. The minimum atomic E-state index is 0.700. The zero-order chi connectivity index (χ0) is 10.6. The molecule has 1 N–H and O–H groups in total. The molecule has 0 bridgehead atoms. The summed E-state index contributed by atoms with van der Waals surface area (Å²) < 4.78 is 0. The van der Waals surface area contributed by atoms with Crippen molar-refractivity contribution >= 4 is 0 Å². The molecule has 84 valence electrons. The lowest BCUT2D eigenvalue weighted by atomic mass is 9.90. The zero-order valence-electron chi connectivity index (χ0n) is 10.2. The van der Waals surface area contributed by atoms with Crippen molar-refractivity contribution in [3.63, 3.8) is 0 Å². The van der Waals surface area contributed by atoms with E-state index in [1.54, 1.807) is 0 Å². The van der Waals surface area contributed by atoms with Crippen LogP contribution in [0.15, 0.2) is 0 Å². The average Bonchev–Trinajstić information content (AvgIpc) is 2.17. The van der Waals surface area contributed by atoms with Gasteiger partial charge in [-0.3, -0.25) is 4.90 Å². The van der Waals surface area contributed by atoms with Crippen molar-refractivity contribution in [1.82, 2.24) is 10.2 Å². The largest absolute Gasteiger partial charge is 0.316 e. The van der Waals surface area contributed by atoms with Crippen LogP contribution in [-0.4, -0.2) is 37.1 Å². The van der Waals surface area contributed by atoms with Gasteiger partial charge < -0.3 is 5.32 Å². The molecule has 2 atom stereocenters. The molecule has 0 aromatic rings. The molecule has 14 heavy (non-hydrogen) atoms. The highest BCUT2D eigenvalue weighted by Crippen LogP contribution is 2.22. The fraction of sp³-hybridized carbons (Fsp3) is 1.00. The Kier molecular flexibility index (Phi) is 4.90. The SMILES string of the molecule is CCCC1CC(NC)CN(C(C)C)C1. The zero-order valence-corrected chi connectivity index (χ0v) is 10.2. The average molecular weight is 198 g/mol. The summed E-state index contributed by atoms with van der Waals surface area (Å²) >= 11 is 0. The number of nitrogens with one attached hydrogen (secondary N) is 1. The number of nitrogens with zero attached hydrogens (tertiary/aromatic N) is 1. The first-order valence-electron chi connectivity index (χ1n) is 6.08. The molecule has 2 heteroatoms. The normalized spacial score (nSPS) is 29.8. The van der Waals surface area contributed by atoms with Crippen molar-refractivity contribution in [2.75, 3.05) is 20.1 Å². The molecule has 0 aromatic carbocycles. The number of hydrogen-bond acceptors (Lipinski definition) is 2. The third-order valence-corrected chi connectivity index (χ3v) is 3.40. The van der Waals surface area contributed by atoms with E-state index < -0.39 is 0 Å². The number of rotatable bonds is 4. The number of likely N-dealkylation sites (N-methyl/N-ethyl adjacent to an activating group) is 1. The predicted octanol–water partition coefficient (Wildman–Crippen LogP) is 2.10. The Morgan fingerprint density at radius 2 is 2.07 bits per heavy atom. The van der Waals surface area contributed by atoms with E-state index >= 15 is 0 Å². The first kappa shape index (κ1) is 12.0. The van der Waals surface area contributed by atoms with E-state index in [1.807, 2.05) is 0 Å². The summed E-state index contributed by atoms with van der Waals surface area (Å²) in [6, 6.07) is 1.41. The lowest BCUT2D eigenvalue weighted by Gasteiger charge is -2.40. The van der Waals surface area contributed by atoms with Crippen LogP contribution in [0.2, 0.25) is 0 Å². The van der Waals surface area contributed by atoms with Gasteiger partial charge in [-0.25, -0.2) is 0 Å². The summed E-state index contributed by atoms with van der Waals surface area (Å²) in [6.45, 7) is 9.45. The highest BCUT2D eigenvalue weighted by atomic mass is 15.2. The van der Waals surface area contributed by atoms with E-state index in [0.717, 1.165) is 5.92 Å². The molecule has 0 amide bonds. The van der Waals surface area contributed by atoms with Crippen LogP contribution in [0.5, 0.6) is 0 Å². The van der Waals surface area contributed by atoms with E-state index in [4.69, 9.17) is 0 Å². The lowest BCUT2D eigenvalue weighted by molar-refractivity contribution is 0.110. The van der Waals surface area contributed by atoms with Crippen molar-refractivity contribution in [1.29, 1.82) is 0 Å². The van der Waals surface area contributed by atoms with Gasteiger partial charge in [0.25, 0.3) is 0 Å². The molecule has 1 aliphatic rings. The summed E-state index contributed by atoms with van der Waals surface area (Å²) in [4.78, 5) is 2.62. The summed E-state index contributed by atoms with van der Waals surface area (Å²) in [6.07, 6.45) is 4.09. The molecule has 0 radical (unpaired) electrons. The van der Waals surface area contributed by atoms with Gasteiger partial charge in [0.2, 0.25) is 0 Å². The van der Waals surface area contributed by atoms with Crippen LogP contribution in [0.1, 0.15) is 40.0 Å². The summed E-state index contributed by atoms with van der Waals surface area (Å²) in [5.41, 5.74) is 0. The Bertz CT molecular complexity index is 156. The van der Waals surface area contributed by atoms with E-state index in [9.17, 15) is 0 Å². The number of likely N-dealkylation sites (tertiary alicyclic amines) is 1. The highest BCUT2D eigenvalue weighted by molar-refractivity contribution is 4.83. The van der Waals surface area contributed by atoms with Gasteiger partial charge in [-0.1, -0.05) is 13.3 Å². The van der Waals surface area contributed by atoms with Crippen molar-refractivity contribution in [2.45, 2.75) is 52.1 Å². The van der Waals surface area contributed by atoms with Crippen LogP contribution in [0.4, 0.5) is 0 Å². The first-order chi connectivity index (χ1) is 6.67. The molecule has 0 aliphatic carbocycles. The monoisotopic (exact) mass is 198 g/mol. The second-order valence-corrected chi connectivity index (χ2v) is 4.92. The van der Waals surface area contributed by atoms with E-state index in [-0.39, 0.29) is 0 Å². The molecule has 1 aliphatic heterocycles. The van der Waals surface area contributed by atoms with Crippen molar-refractivity contribution in [3.05, 3.63) is 0 Å². The Morgan fingerprint density at radius 1 is 1.36 bits per heavy atom. The van der Waals surface area contributed by atoms with Crippen LogP contribution < -0.4 is 5.32 Å². The molecular formula is C12H26N2. The van der Waals surface area contributed by atoms with Crippen LogP contribution in [0, 0.1) is 5.92 Å². The second-order valence-electron chi connectivity index (χ2n) is 4.92. The number of hydrogen-bond donors (Lipinski definition) is 1. The van der Waals surface area contributed by atoms with Gasteiger partial charge in [0.1, 0.15) is 0 Å². The standard InChI is InChI=1S/C12H26N2/c1-5-6-11-7-12(13-4)9-14(8-11)10(2)3/h10-13H,5-9H2,1-4H3. The maximum atomic E-state index is 3.44. The smallest absolute Gasteiger partial charge is 0.0195 e. The minimum Gasteiger partial charge on any atom is -0.316 e. The van der Waals surface area contributed by atoms with Gasteiger partial charge in [-0.15, -0.1) is 0 Å². The van der Waals surface area contributed by atoms with Crippen LogP contribution in [0.25, 0.3) is 0 Å². The Morgan fingerprint density at radius 3 is 2.57 bits per heavy atom. The fourth-order valence-electron chi connectivity index (χ4n) is 2.49. The van der Waals surface area contributed by atoms with Gasteiger partial charge >= 0.3 is 0 Å². The molecule has 0 aromatic heterocycles. The van der Waals surface area contributed by atoms with Crippen molar-refractivity contribution < 1.29 is 0 Å². The quantitative estimate of drug-likeness (QED) is 0.744. The Labute approximate surface area is 89.1 Å². The molecule has 1 rings (SSSR count). The van der Waals surface area contributed by atoms with E-state index in [0.29, 0.717) is 12.1 Å². The van der Waals surface area contributed by atoms with Crippen molar-refractivity contribution in [3.8, 4) is 0 Å². The topological polar surface area (TPSA) is 15.3 Å². The third-order valence-electron chi connectivity index (χ3n) is 3.40. The Balaban J connectivity index is 2.47. The maximum absolute atomic E-state index is 3.44. The fourth-order valence-corrected chi connectivity index (χ4v) is 2.49. The summed E-state index contributed by atoms with van der Waals surface area (Å²) in [5, 5.41) is 3.44. The highest BCUT2D eigenvalue weighted by Gasteiger charge is 2.26. The molecule has 1 fully saturated rings. The molecule has 1 saturated heterocycles. The predicted molar refractivity (Wildman–Crippen MR) is 62.6 cm³/mol. The Hall–Kier alpha value is -0.0800. The molecule has 2 nitrogen and oxygen atoms in total. The molecule has 0 spiro atoms. The van der Waals surface area contributed by atoms with E-state index in [2.05, 4.69) is 38.0 Å².